The molecule has 0 aliphatic carbocycles. The Morgan fingerprint density at radius 3 is 2.27 bits per heavy atom. The summed E-state index contributed by atoms with van der Waals surface area (Å²) < 4.78 is 40.3. The summed E-state index contributed by atoms with van der Waals surface area (Å²) in [5.74, 6) is -0.360. The fraction of sp³-hybridized carbons (Fsp3) is 0.294. The molecule has 0 radical (unpaired) electrons. The molecule has 0 aliphatic heterocycles. The van der Waals surface area contributed by atoms with Crippen molar-refractivity contribution in [3.8, 4) is 5.75 Å². The maximum absolute atomic E-state index is 13.4. The second kappa shape index (κ2) is 6.40. The third-order valence-electron chi connectivity index (χ3n) is 3.54. The highest BCUT2D eigenvalue weighted by molar-refractivity contribution is 5.39. The van der Waals surface area contributed by atoms with E-state index < -0.39 is 18.3 Å². The van der Waals surface area contributed by atoms with Crippen molar-refractivity contribution < 1.29 is 18.3 Å². The van der Waals surface area contributed by atoms with E-state index in [9.17, 15) is 18.3 Å². The molecule has 118 valence electrons. The van der Waals surface area contributed by atoms with Crippen LogP contribution in [-0.2, 0) is 0 Å². The van der Waals surface area contributed by atoms with E-state index in [-0.39, 0.29) is 11.3 Å². The summed E-state index contributed by atoms with van der Waals surface area (Å²) in [4.78, 5) is 0. The van der Waals surface area contributed by atoms with Crippen LogP contribution in [0.5, 0.6) is 5.75 Å². The molecular formula is C17H18F3NO. The zero-order chi connectivity index (χ0) is 16.3. The van der Waals surface area contributed by atoms with Crippen LogP contribution in [0.15, 0.2) is 48.5 Å². The highest BCUT2D eigenvalue weighted by Crippen LogP contribution is 2.38. The van der Waals surface area contributed by atoms with Crippen molar-refractivity contribution >= 4 is 0 Å². The van der Waals surface area contributed by atoms with Crippen LogP contribution in [0.4, 0.5) is 13.2 Å². The molecule has 2 nitrogen and oxygen atoms in total. The molecule has 0 saturated carbocycles. The predicted octanol–water partition coefficient (Wildman–Crippen LogP) is 4.65. The molecule has 0 heterocycles. The van der Waals surface area contributed by atoms with E-state index in [1.807, 2.05) is 6.07 Å². The highest BCUT2D eigenvalue weighted by atomic mass is 19.4. The lowest BCUT2D eigenvalue weighted by molar-refractivity contribution is -0.159. The van der Waals surface area contributed by atoms with Crippen molar-refractivity contribution in [2.45, 2.75) is 32.1 Å². The topological polar surface area (TPSA) is 32.3 Å². The number of rotatable bonds is 4. The third-order valence-corrected chi connectivity index (χ3v) is 3.54. The number of phenolic OH excluding ortho intramolecular Hbond substituents is 1. The van der Waals surface area contributed by atoms with Crippen LogP contribution in [0.1, 0.15) is 35.7 Å². The van der Waals surface area contributed by atoms with E-state index >= 15 is 0 Å². The Balaban J connectivity index is 2.34. The molecule has 0 bridgehead atoms. The summed E-state index contributed by atoms with van der Waals surface area (Å²) in [6.07, 6.45) is -4.51. The smallest absolute Gasteiger partial charge is 0.408 e. The molecule has 0 saturated heterocycles. The van der Waals surface area contributed by atoms with Crippen LogP contribution < -0.4 is 5.32 Å². The normalized spacial score (nSPS) is 14.6. The molecule has 0 amide bonds. The third kappa shape index (κ3) is 3.80. The average molecular weight is 309 g/mol. The largest absolute Gasteiger partial charge is 0.508 e. The van der Waals surface area contributed by atoms with Gasteiger partial charge in [0.05, 0.1) is 0 Å². The van der Waals surface area contributed by atoms with Gasteiger partial charge in [-0.15, -0.1) is 0 Å². The Hall–Kier alpha value is -2.01. The fourth-order valence-electron chi connectivity index (χ4n) is 2.35. The van der Waals surface area contributed by atoms with Crippen molar-refractivity contribution in [2.75, 3.05) is 0 Å². The molecule has 2 rings (SSSR count). The monoisotopic (exact) mass is 309 g/mol. The Labute approximate surface area is 127 Å². The number of benzene rings is 2. The van der Waals surface area contributed by atoms with Gasteiger partial charge in [0.25, 0.3) is 0 Å². The molecule has 2 atom stereocenters. The Bertz CT molecular complexity index is 626. The molecule has 0 fully saturated rings. The molecule has 2 N–H and O–H groups in total. The summed E-state index contributed by atoms with van der Waals surface area (Å²) in [6.45, 7) is 3.36. The van der Waals surface area contributed by atoms with Gasteiger partial charge in [-0.2, -0.15) is 13.2 Å². The van der Waals surface area contributed by atoms with Gasteiger partial charge in [-0.05, 0) is 25.5 Å². The maximum atomic E-state index is 13.4. The number of halogens is 3. The van der Waals surface area contributed by atoms with Gasteiger partial charge in [0.1, 0.15) is 11.8 Å². The highest BCUT2D eigenvalue weighted by Gasteiger charge is 2.42. The first-order chi connectivity index (χ1) is 10.3. The van der Waals surface area contributed by atoms with E-state index in [2.05, 4.69) is 5.32 Å². The summed E-state index contributed by atoms with van der Waals surface area (Å²) in [6, 6.07) is 10.7. The van der Waals surface area contributed by atoms with E-state index in [0.717, 1.165) is 5.56 Å². The summed E-state index contributed by atoms with van der Waals surface area (Å²) in [7, 11) is 0. The van der Waals surface area contributed by atoms with Crippen molar-refractivity contribution in [3.63, 3.8) is 0 Å². The minimum Gasteiger partial charge on any atom is -0.508 e. The fourth-order valence-corrected chi connectivity index (χ4v) is 2.35. The van der Waals surface area contributed by atoms with Gasteiger partial charge < -0.3 is 5.11 Å². The lowest BCUT2D eigenvalue weighted by atomic mass is 10.00. The minimum absolute atomic E-state index is 0.157. The van der Waals surface area contributed by atoms with Gasteiger partial charge in [0.15, 0.2) is 0 Å². The van der Waals surface area contributed by atoms with Crippen molar-refractivity contribution in [1.29, 1.82) is 0 Å². The number of nitrogens with one attached hydrogen (secondary N) is 1. The molecule has 0 unspecified atom stereocenters. The van der Waals surface area contributed by atoms with Gasteiger partial charge in [0.2, 0.25) is 0 Å². The molecule has 0 spiro atoms. The first-order valence-electron chi connectivity index (χ1n) is 6.96. The maximum Gasteiger partial charge on any atom is 0.408 e. The Morgan fingerprint density at radius 1 is 1.05 bits per heavy atom. The first kappa shape index (κ1) is 16.4. The van der Waals surface area contributed by atoms with E-state index in [4.69, 9.17) is 0 Å². The van der Waals surface area contributed by atoms with Gasteiger partial charge >= 0.3 is 6.18 Å². The van der Waals surface area contributed by atoms with Crippen molar-refractivity contribution in [3.05, 3.63) is 65.2 Å². The molecular weight excluding hydrogens is 291 g/mol. The van der Waals surface area contributed by atoms with Crippen LogP contribution in [0.3, 0.4) is 0 Å². The van der Waals surface area contributed by atoms with Crippen LogP contribution in [0.2, 0.25) is 0 Å². The van der Waals surface area contributed by atoms with Crippen LogP contribution in [0, 0.1) is 6.92 Å². The molecule has 5 heteroatoms. The predicted molar refractivity (Wildman–Crippen MR) is 79.6 cm³/mol. The first-order valence-corrected chi connectivity index (χ1v) is 6.96. The number of aryl methyl sites for hydroxylation is 1. The van der Waals surface area contributed by atoms with Gasteiger partial charge in [-0.3, -0.25) is 5.32 Å². The zero-order valence-electron chi connectivity index (χ0n) is 12.4. The van der Waals surface area contributed by atoms with Crippen LogP contribution in [-0.4, -0.2) is 11.3 Å². The van der Waals surface area contributed by atoms with Crippen LogP contribution in [0.25, 0.3) is 0 Å². The second-order valence-corrected chi connectivity index (χ2v) is 5.34. The van der Waals surface area contributed by atoms with E-state index in [1.165, 1.54) is 12.1 Å². The summed E-state index contributed by atoms with van der Waals surface area (Å²) in [5.41, 5.74) is 1.26. The lowest BCUT2D eigenvalue weighted by Gasteiger charge is -2.27. The molecule has 2 aromatic carbocycles. The van der Waals surface area contributed by atoms with Crippen molar-refractivity contribution in [2.24, 2.45) is 0 Å². The molecule has 0 aromatic heterocycles. The number of hydrogen-bond donors (Lipinski definition) is 2. The number of hydrogen-bond acceptors (Lipinski definition) is 2. The molecule has 2 aromatic rings. The quantitative estimate of drug-likeness (QED) is 0.861. The Kier molecular flexibility index (Phi) is 4.76. The summed E-state index contributed by atoms with van der Waals surface area (Å²) >= 11 is 0. The lowest BCUT2D eigenvalue weighted by Crippen LogP contribution is -2.35. The number of aromatic hydroxyl groups is 1. The molecule has 0 aliphatic rings. The SMILES string of the molecule is Cc1ccc(O)c([C@@H](N[C@@H](C)c2ccccc2)C(F)(F)F)c1. The van der Waals surface area contributed by atoms with E-state index in [1.54, 1.807) is 44.2 Å². The molecule has 22 heavy (non-hydrogen) atoms. The van der Waals surface area contributed by atoms with Gasteiger partial charge in [-0.25, -0.2) is 0 Å². The number of phenols is 1. The van der Waals surface area contributed by atoms with Gasteiger partial charge in [0, 0.05) is 11.6 Å². The van der Waals surface area contributed by atoms with Crippen LogP contribution >= 0.6 is 0 Å². The standard InChI is InChI=1S/C17H18F3NO/c1-11-8-9-15(22)14(10-11)16(17(18,19)20)21-12(2)13-6-4-3-5-7-13/h3-10,12,16,21-22H,1-2H3/t12-,16+/m0/s1. The zero-order valence-corrected chi connectivity index (χ0v) is 12.4. The number of alkyl halides is 3. The van der Waals surface area contributed by atoms with E-state index in [0.29, 0.717) is 5.56 Å². The van der Waals surface area contributed by atoms with Crippen molar-refractivity contribution in [1.82, 2.24) is 5.32 Å². The van der Waals surface area contributed by atoms with Gasteiger partial charge in [-0.1, -0.05) is 48.0 Å². The minimum atomic E-state index is -4.51. The second-order valence-electron chi connectivity index (χ2n) is 5.34. The average Bonchev–Trinajstić information content (AvgIpc) is 2.47. The summed E-state index contributed by atoms with van der Waals surface area (Å²) in [5, 5.41) is 12.4. The Morgan fingerprint density at radius 2 is 1.68 bits per heavy atom.